The first kappa shape index (κ1) is 7.78. The van der Waals surface area contributed by atoms with Crippen LogP contribution in [0.1, 0.15) is 5.56 Å². The Morgan fingerprint density at radius 3 is 1.78 bits per heavy atom. The lowest BCUT2D eigenvalue weighted by Gasteiger charge is -1.94. The van der Waals surface area contributed by atoms with Gasteiger partial charge in [-0.2, -0.15) is 0 Å². The van der Waals surface area contributed by atoms with E-state index in [0.29, 0.717) is 0 Å². The van der Waals surface area contributed by atoms with Crippen molar-refractivity contribution in [3.05, 3.63) is 30.9 Å². The topological polar surface area (TPSA) is 0 Å². The number of halogens is 2. The van der Waals surface area contributed by atoms with E-state index >= 15 is 0 Å². The fourth-order valence-corrected chi connectivity index (χ4v) is 2.94. The molecule has 0 saturated heterocycles. The van der Waals surface area contributed by atoms with Gasteiger partial charge in [0.25, 0.3) is 0 Å². The highest BCUT2D eigenvalue weighted by atomic mass is 127. The number of rotatable bonds is 0. The molecule has 9 heavy (non-hydrogen) atoms. The Kier molecular flexibility index (Phi) is 2.75. The third-order valence-corrected chi connectivity index (χ3v) is 2.25. The third-order valence-electron chi connectivity index (χ3n) is 1.01. The molecular weight excluding hydrogens is 338 g/mol. The van der Waals surface area contributed by atoms with Crippen molar-refractivity contribution in [2.45, 2.75) is 6.92 Å². The van der Waals surface area contributed by atoms with Crippen LogP contribution in [0.5, 0.6) is 0 Å². The van der Waals surface area contributed by atoms with Gasteiger partial charge in [-0.1, -0.05) is 0 Å². The first-order chi connectivity index (χ1) is 4.18. The fraction of sp³-hybridized carbons (Fsp3) is 0.143. The van der Waals surface area contributed by atoms with Gasteiger partial charge in [0.05, 0.1) is 0 Å². The number of aryl methyl sites for hydroxylation is 1. The molecule has 2 heteroatoms. The van der Waals surface area contributed by atoms with Crippen molar-refractivity contribution in [3.8, 4) is 0 Å². The molecule has 0 aliphatic carbocycles. The van der Waals surface area contributed by atoms with Crippen molar-refractivity contribution in [1.29, 1.82) is 0 Å². The lowest BCUT2D eigenvalue weighted by Crippen LogP contribution is -1.77. The van der Waals surface area contributed by atoms with Gasteiger partial charge in [-0.15, -0.1) is 0 Å². The number of hydrogen-bond donors (Lipinski definition) is 0. The SMILES string of the molecule is Cc1cc(I)cc(I)c1. The minimum atomic E-state index is 1.32. The highest BCUT2D eigenvalue weighted by molar-refractivity contribution is 14.1. The molecule has 1 aromatic carbocycles. The second kappa shape index (κ2) is 3.18. The minimum Gasteiger partial charge on any atom is -0.0490 e. The summed E-state index contributed by atoms with van der Waals surface area (Å²) in [6, 6.07) is 6.50. The van der Waals surface area contributed by atoms with Crippen molar-refractivity contribution in [2.24, 2.45) is 0 Å². The van der Waals surface area contributed by atoms with Crippen LogP contribution in [0.2, 0.25) is 0 Å². The summed E-state index contributed by atoms with van der Waals surface area (Å²) in [5.41, 5.74) is 1.34. The van der Waals surface area contributed by atoms with Crippen LogP contribution in [0.4, 0.5) is 0 Å². The average Bonchev–Trinajstić information content (AvgIpc) is 1.59. The van der Waals surface area contributed by atoms with E-state index in [-0.39, 0.29) is 0 Å². The van der Waals surface area contributed by atoms with Crippen molar-refractivity contribution < 1.29 is 0 Å². The molecule has 0 radical (unpaired) electrons. The largest absolute Gasteiger partial charge is 0.0490 e. The molecule has 1 aromatic rings. The number of benzene rings is 1. The Hall–Kier alpha value is 0.680. The first-order valence-corrected chi connectivity index (χ1v) is 4.77. The highest BCUT2D eigenvalue weighted by Gasteiger charge is 1.90. The van der Waals surface area contributed by atoms with Crippen molar-refractivity contribution in [1.82, 2.24) is 0 Å². The maximum atomic E-state index is 2.33. The lowest BCUT2D eigenvalue weighted by molar-refractivity contribution is 1.43. The van der Waals surface area contributed by atoms with Crippen LogP contribution in [0.3, 0.4) is 0 Å². The van der Waals surface area contributed by atoms with Gasteiger partial charge in [0.1, 0.15) is 0 Å². The van der Waals surface area contributed by atoms with E-state index in [0.717, 1.165) is 0 Å². The van der Waals surface area contributed by atoms with Crippen molar-refractivity contribution in [2.75, 3.05) is 0 Å². The smallest absolute Gasteiger partial charge is 0.0143 e. The van der Waals surface area contributed by atoms with Crippen LogP contribution in [0.15, 0.2) is 18.2 Å². The third kappa shape index (κ3) is 2.41. The van der Waals surface area contributed by atoms with E-state index in [4.69, 9.17) is 0 Å². The molecule has 0 heterocycles. The van der Waals surface area contributed by atoms with Gasteiger partial charge in [0, 0.05) is 7.14 Å². The van der Waals surface area contributed by atoms with Gasteiger partial charge in [0.2, 0.25) is 0 Å². The molecular formula is C7H6I2. The van der Waals surface area contributed by atoms with Crippen LogP contribution in [-0.4, -0.2) is 0 Å². The van der Waals surface area contributed by atoms with E-state index in [1.54, 1.807) is 0 Å². The average molecular weight is 344 g/mol. The molecule has 0 saturated carbocycles. The van der Waals surface area contributed by atoms with Crippen LogP contribution in [0.25, 0.3) is 0 Å². The second-order valence-corrected chi connectivity index (χ2v) is 4.44. The molecule has 0 atom stereocenters. The van der Waals surface area contributed by atoms with Crippen molar-refractivity contribution >= 4 is 45.2 Å². The Labute approximate surface area is 82.3 Å². The van der Waals surface area contributed by atoms with Gasteiger partial charge < -0.3 is 0 Å². The van der Waals surface area contributed by atoms with E-state index in [1.165, 1.54) is 12.7 Å². The maximum absolute atomic E-state index is 2.33. The number of hydrogen-bond acceptors (Lipinski definition) is 0. The lowest BCUT2D eigenvalue weighted by atomic mass is 10.2. The van der Waals surface area contributed by atoms with E-state index in [9.17, 15) is 0 Å². The monoisotopic (exact) mass is 344 g/mol. The standard InChI is InChI=1S/C7H6I2/c1-5-2-6(8)4-7(9)3-5/h2-4H,1H3. The molecule has 0 aliphatic heterocycles. The molecule has 0 spiro atoms. The zero-order chi connectivity index (χ0) is 6.85. The summed E-state index contributed by atoms with van der Waals surface area (Å²) in [7, 11) is 0. The van der Waals surface area contributed by atoms with Gasteiger partial charge in [-0.25, -0.2) is 0 Å². The summed E-state index contributed by atoms with van der Waals surface area (Å²) in [6.07, 6.45) is 0. The molecule has 1 rings (SSSR count). The van der Waals surface area contributed by atoms with Crippen LogP contribution in [0, 0.1) is 14.1 Å². The Bertz CT molecular complexity index is 168. The highest BCUT2D eigenvalue weighted by Crippen LogP contribution is 2.12. The van der Waals surface area contributed by atoms with E-state index in [1.807, 2.05) is 0 Å². The summed E-state index contributed by atoms with van der Waals surface area (Å²) in [5.74, 6) is 0. The molecule has 0 fully saturated rings. The summed E-state index contributed by atoms with van der Waals surface area (Å²) in [4.78, 5) is 0. The zero-order valence-corrected chi connectivity index (χ0v) is 9.30. The fourth-order valence-electron chi connectivity index (χ4n) is 0.692. The molecule has 0 bridgehead atoms. The summed E-state index contributed by atoms with van der Waals surface area (Å²) in [6.45, 7) is 2.12. The summed E-state index contributed by atoms with van der Waals surface area (Å²) < 4.78 is 2.63. The predicted octanol–water partition coefficient (Wildman–Crippen LogP) is 3.20. The molecule has 0 amide bonds. The molecule has 0 unspecified atom stereocenters. The van der Waals surface area contributed by atoms with Gasteiger partial charge in [-0.3, -0.25) is 0 Å². The van der Waals surface area contributed by atoms with Gasteiger partial charge in [0.15, 0.2) is 0 Å². The van der Waals surface area contributed by atoms with Crippen LogP contribution < -0.4 is 0 Å². The molecule has 48 valence electrons. The Morgan fingerprint density at radius 2 is 1.44 bits per heavy atom. The van der Waals surface area contributed by atoms with Gasteiger partial charge in [-0.05, 0) is 75.9 Å². The zero-order valence-electron chi connectivity index (χ0n) is 4.99. The van der Waals surface area contributed by atoms with E-state index in [2.05, 4.69) is 70.3 Å². The second-order valence-electron chi connectivity index (χ2n) is 1.95. The van der Waals surface area contributed by atoms with Crippen molar-refractivity contribution in [3.63, 3.8) is 0 Å². The molecule has 0 aromatic heterocycles. The normalized spacial score (nSPS) is 9.67. The quantitative estimate of drug-likeness (QED) is 0.635. The maximum Gasteiger partial charge on any atom is 0.0143 e. The van der Waals surface area contributed by atoms with Crippen LogP contribution >= 0.6 is 45.2 Å². The Morgan fingerprint density at radius 1 is 1.00 bits per heavy atom. The van der Waals surface area contributed by atoms with E-state index < -0.39 is 0 Å². The molecule has 0 nitrogen and oxygen atoms in total. The molecule has 0 aliphatic rings. The summed E-state index contributed by atoms with van der Waals surface area (Å²) in [5, 5.41) is 0. The molecule has 0 N–H and O–H groups in total. The minimum absolute atomic E-state index is 1.32. The predicted molar refractivity (Wildman–Crippen MR) is 56.6 cm³/mol. The van der Waals surface area contributed by atoms with Gasteiger partial charge >= 0.3 is 0 Å². The van der Waals surface area contributed by atoms with Crippen LogP contribution in [-0.2, 0) is 0 Å². The first-order valence-electron chi connectivity index (χ1n) is 2.61. The Balaban J connectivity index is 3.17. The summed E-state index contributed by atoms with van der Waals surface area (Å²) >= 11 is 4.65.